The number of nitrogens with zero attached hydrogens (tertiary/aromatic N) is 1. The number of rotatable bonds is 5. The molecule has 2 aromatic heterocycles. The van der Waals surface area contributed by atoms with Crippen molar-refractivity contribution in [2.75, 3.05) is 20.6 Å². The van der Waals surface area contributed by atoms with E-state index < -0.39 is 0 Å². The molecule has 108 valence electrons. The van der Waals surface area contributed by atoms with Crippen molar-refractivity contribution in [3.8, 4) is 0 Å². The highest BCUT2D eigenvalue weighted by molar-refractivity contribution is 7.07. The van der Waals surface area contributed by atoms with Gasteiger partial charge >= 0.3 is 0 Å². The van der Waals surface area contributed by atoms with Crippen LogP contribution in [-0.4, -0.2) is 31.4 Å². The van der Waals surface area contributed by atoms with Crippen LogP contribution in [0.15, 0.2) is 27.3 Å². The number of carbonyl (C=O) groups excluding carboxylic acids is 1. The standard InChI is InChI=1S/C15H20N2O2S/c1-10-7-13(11(2)19-10)15(18)16-8-14(17(3)4)12-5-6-20-9-12/h5-7,9,14H,8H2,1-4H3,(H,16,18)/t14-/m0/s1. The molecular weight excluding hydrogens is 272 g/mol. The molecule has 1 N–H and O–H groups in total. The fourth-order valence-electron chi connectivity index (χ4n) is 2.20. The Morgan fingerprint density at radius 3 is 2.70 bits per heavy atom. The topological polar surface area (TPSA) is 45.5 Å². The summed E-state index contributed by atoms with van der Waals surface area (Å²) in [6.45, 7) is 4.23. The van der Waals surface area contributed by atoms with Gasteiger partial charge < -0.3 is 14.6 Å². The largest absolute Gasteiger partial charge is 0.466 e. The van der Waals surface area contributed by atoms with Gasteiger partial charge in [-0.1, -0.05) is 0 Å². The Labute approximate surface area is 123 Å². The van der Waals surface area contributed by atoms with Crippen LogP contribution in [0.4, 0.5) is 0 Å². The summed E-state index contributed by atoms with van der Waals surface area (Å²) in [6.07, 6.45) is 0. The molecule has 1 amide bonds. The lowest BCUT2D eigenvalue weighted by Crippen LogP contribution is -2.34. The minimum absolute atomic E-state index is 0.0820. The van der Waals surface area contributed by atoms with Crippen LogP contribution in [0.2, 0.25) is 0 Å². The summed E-state index contributed by atoms with van der Waals surface area (Å²) in [6, 6.07) is 4.05. The van der Waals surface area contributed by atoms with Gasteiger partial charge in [0.15, 0.2) is 0 Å². The van der Waals surface area contributed by atoms with Gasteiger partial charge in [0.1, 0.15) is 11.5 Å². The molecule has 0 saturated carbocycles. The highest BCUT2D eigenvalue weighted by Gasteiger charge is 2.18. The lowest BCUT2D eigenvalue weighted by Gasteiger charge is -2.23. The fourth-order valence-corrected chi connectivity index (χ4v) is 2.91. The zero-order valence-electron chi connectivity index (χ0n) is 12.3. The maximum absolute atomic E-state index is 12.2. The van der Waals surface area contributed by atoms with E-state index in [0.717, 1.165) is 5.76 Å². The molecule has 0 radical (unpaired) electrons. The summed E-state index contributed by atoms with van der Waals surface area (Å²) in [5.74, 6) is 1.34. The summed E-state index contributed by atoms with van der Waals surface area (Å²) in [7, 11) is 4.03. The number of thiophene rings is 1. The van der Waals surface area contributed by atoms with Gasteiger partial charge in [-0.25, -0.2) is 0 Å². The fraction of sp³-hybridized carbons (Fsp3) is 0.400. The Morgan fingerprint density at radius 2 is 2.20 bits per heavy atom. The third kappa shape index (κ3) is 3.29. The number of likely N-dealkylation sites (N-methyl/N-ethyl adjacent to an activating group) is 1. The first-order chi connectivity index (χ1) is 9.49. The van der Waals surface area contributed by atoms with Gasteiger partial charge in [0, 0.05) is 6.54 Å². The van der Waals surface area contributed by atoms with E-state index in [2.05, 4.69) is 27.0 Å². The first-order valence-corrected chi connectivity index (χ1v) is 7.47. The van der Waals surface area contributed by atoms with Crippen molar-refractivity contribution in [3.63, 3.8) is 0 Å². The van der Waals surface area contributed by atoms with E-state index in [0.29, 0.717) is 17.9 Å². The van der Waals surface area contributed by atoms with Gasteiger partial charge in [0.05, 0.1) is 11.6 Å². The smallest absolute Gasteiger partial charge is 0.254 e. The van der Waals surface area contributed by atoms with Gasteiger partial charge in [-0.2, -0.15) is 11.3 Å². The van der Waals surface area contributed by atoms with Crippen LogP contribution in [0.5, 0.6) is 0 Å². The van der Waals surface area contributed by atoms with E-state index in [1.165, 1.54) is 5.56 Å². The third-order valence-corrected chi connectivity index (χ3v) is 3.99. The lowest BCUT2D eigenvalue weighted by molar-refractivity contribution is 0.0940. The maximum atomic E-state index is 12.2. The lowest BCUT2D eigenvalue weighted by atomic mass is 10.1. The molecule has 0 fully saturated rings. The van der Waals surface area contributed by atoms with Crippen LogP contribution in [0, 0.1) is 13.8 Å². The molecule has 0 saturated heterocycles. The van der Waals surface area contributed by atoms with Gasteiger partial charge in [0.25, 0.3) is 5.91 Å². The summed E-state index contributed by atoms with van der Waals surface area (Å²) in [5, 5.41) is 7.15. The highest BCUT2D eigenvalue weighted by atomic mass is 32.1. The van der Waals surface area contributed by atoms with Crippen molar-refractivity contribution in [3.05, 3.63) is 45.5 Å². The van der Waals surface area contributed by atoms with E-state index in [1.54, 1.807) is 17.4 Å². The average Bonchev–Trinajstić information content (AvgIpc) is 2.99. The number of nitrogens with one attached hydrogen (secondary N) is 1. The monoisotopic (exact) mass is 292 g/mol. The van der Waals surface area contributed by atoms with Crippen molar-refractivity contribution >= 4 is 17.2 Å². The Morgan fingerprint density at radius 1 is 1.45 bits per heavy atom. The number of aryl methyl sites for hydroxylation is 2. The van der Waals surface area contributed by atoms with Gasteiger partial charge in [-0.15, -0.1) is 0 Å². The molecule has 0 aliphatic carbocycles. The Balaban J connectivity index is 2.03. The summed E-state index contributed by atoms with van der Waals surface area (Å²) in [5.41, 5.74) is 1.84. The predicted octanol–water partition coefficient (Wildman–Crippen LogP) is 2.99. The Bertz CT molecular complexity index is 573. The minimum Gasteiger partial charge on any atom is -0.466 e. The summed E-state index contributed by atoms with van der Waals surface area (Å²) >= 11 is 1.67. The zero-order valence-corrected chi connectivity index (χ0v) is 13.1. The molecular formula is C15H20N2O2S. The first-order valence-electron chi connectivity index (χ1n) is 6.52. The van der Waals surface area contributed by atoms with Crippen LogP contribution >= 0.6 is 11.3 Å². The number of hydrogen-bond acceptors (Lipinski definition) is 4. The second-order valence-corrected chi connectivity index (χ2v) is 5.85. The molecule has 0 bridgehead atoms. The van der Waals surface area contributed by atoms with E-state index >= 15 is 0 Å². The predicted molar refractivity (Wildman–Crippen MR) is 81.3 cm³/mol. The first kappa shape index (κ1) is 14.8. The quantitative estimate of drug-likeness (QED) is 0.921. The van der Waals surface area contributed by atoms with Crippen molar-refractivity contribution in [1.82, 2.24) is 10.2 Å². The number of carbonyl (C=O) groups is 1. The Hall–Kier alpha value is -1.59. The second-order valence-electron chi connectivity index (χ2n) is 5.07. The van der Waals surface area contributed by atoms with Crippen molar-refractivity contribution in [1.29, 1.82) is 0 Å². The number of amides is 1. The van der Waals surface area contributed by atoms with Crippen molar-refractivity contribution in [2.24, 2.45) is 0 Å². The normalized spacial score (nSPS) is 12.7. The summed E-state index contributed by atoms with van der Waals surface area (Å²) < 4.78 is 5.39. The van der Waals surface area contributed by atoms with Gasteiger partial charge in [0.2, 0.25) is 0 Å². The molecule has 0 aliphatic rings. The number of hydrogen-bond donors (Lipinski definition) is 1. The molecule has 5 heteroatoms. The van der Waals surface area contributed by atoms with Crippen LogP contribution in [0.25, 0.3) is 0 Å². The van der Waals surface area contributed by atoms with Crippen LogP contribution in [0.1, 0.15) is 33.5 Å². The van der Waals surface area contributed by atoms with Crippen LogP contribution in [-0.2, 0) is 0 Å². The molecule has 0 unspecified atom stereocenters. The van der Waals surface area contributed by atoms with Crippen LogP contribution < -0.4 is 5.32 Å². The van der Waals surface area contributed by atoms with E-state index in [-0.39, 0.29) is 11.9 Å². The third-order valence-electron chi connectivity index (χ3n) is 3.29. The van der Waals surface area contributed by atoms with Crippen molar-refractivity contribution < 1.29 is 9.21 Å². The van der Waals surface area contributed by atoms with E-state index in [4.69, 9.17) is 4.42 Å². The molecule has 0 aliphatic heterocycles. The van der Waals surface area contributed by atoms with Gasteiger partial charge in [-0.3, -0.25) is 4.79 Å². The number of furan rings is 1. The van der Waals surface area contributed by atoms with Crippen molar-refractivity contribution in [2.45, 2.75) is 19.9 Å². The zero-order chi connectivity index (χ0) is 14.7. The maximum Gasteiger partial charge on any atom is 0.254 e. The molecule has 1 atom stereocenters. The SMILES string of the molecule is Cc1cc(C(=O)NC[C@@H](c2ccsc2)N(C)C)c(C)o1. The Kier molecular flexibility index (Phi) is 4.62. The molecule has 2 rings (SSSR count). The molecule has 20 heavy (non-hydrogen) atoms. The molecule has 0 aromatic carbocycles. The molecule has 2 aromatic rings. The van der Waals surface area contributed by atoms with Crippen LogP contribution in [0.3, 0.4) is 0 Å². The molecule has 4 nitrogen and oxygen atoms in total. The van der Waals surface area contributed by atoms with E-state index in [9.17, 15) is 4.79 Å². The average molecular weight is 292 g/mol. The summed E-state index contributed by atoms with van der Waals surface area (Å²) in [4.78, 5) is 14.3. The second kappa shape index (κ2) is 6.24. The van der Waals surface area contributed by atoms with Gasteiger partial charge in [-0.05, 0) is 56.4 Å². The molecule has 2 heterocycles. The minimum atomic E-state index is -0.0820. The van der Waals surface area contributed by atoms with E-state index in [1.807, 2.05) is 27.9 Å². The highest BCUT2D eigenvalue weighted by Crippen LogP contribution is 2.20. The molecule has 0 spiro atoms.